The van der Waals surface area contributed by atoms with Gasteiger partial charge in [0.25, 0.3) is 5.56 Å². The monoisotopic (exact) mass is 693 g/mol. The number of likely N-dealkylation sites (tertiary alicyclic amines) is 1. The number of nitrogens with one attached hydrogen (secondary N) is 2. The predicted octanol–water partition coefficient (Wildman–Crippen LogP) is 6.33. The molecule has 0 bridgehead atoms. The molecule has 9 nitrogen and oxygen atoms in total. The van der Waals surface area contributed by atoms with Crippen molar-refractivity contribution in [3.63, 3.8) is 0 Å². The first-order chi connectivity index (χ1) is 23.0. The second-order valence-electron chi connectivity index (χ2n) is 13.6. The van der Waals surface area contributed by atoms with Crippen molar-refractivity contribution in [2.45, 2.75) is 65.0 Å². The zero-order chi connectivity index (χ0) is 34.1. The molecule has 2 amide bonds. The van der Waals surface area contributed by atoms with Gasteiger partial charge in [-0.25, -0.2) is 0 Å². The summed E-state index contributed by atoms with van der Waals surface area (Å²) in [6.07, 6.45) is 7.30. The summed E-state index contributed by atoms with van der Waals surface area (Å²) in [6, 6.07) is 9.49. The Kier molecular flexibility index (Phi) is 10.4. The normalized spacial score (nSPS) is 19.8. The molecule has 3 aliphatic heterocycles. The number of rotatable bonds is 8. The quantitative estimate of drug-likeness (QED) is 0.266. The molecule has 2 aromatic carbocycles. The third-order valence-corrected chi connectivity index (χ3v) is 11.3. The van der Waals surface area contributed by atoms with Crippen LogP contribution in [0.1, 0.15) is 55.2 Å². The molecule has 2 N–H and O–H groups in total. The van der Waals surface area contributed by atoms with Crippen LogP contribution in [-0.4, -0.2) is 60.6 Å². The van der Waals surface area contributed by atoms with Crippen LogP contribution >= 0.6 is 23.2 Å². The Balaban J connectivity index is 1.02. The van der Waals surface area contributed by atoms with E-state index in [1.165, 1.54) is 12.8 Å². The summed E-state index contributed by atoms with van der Waals surface area (Å²) < 4.78 is 7.47. The summed E-state index contributed by atoms with van der Waals surface area (Å²) >= 11 is 13.6. The van der Waals surface area contributed by atoms with Gasteiger partial charge in [0, 0.05) is 66.7 Å². The molecule has 3 saturated heterocycles. The fourth-order valence-corrected chi connectivity index (χ4v) is 8.24. The smallest absolute Gasteiger partial charge is 0.253 e. The first kappa shape index (κ1) is 34.3. The number of ether oxygens (including phenoxy) is 1. The molecule has 256 valence electrons. The van der Waals surface area contributed by atoms with E-state index in [2.05, 4.69) is 20.4 Å². The highest BCUT2D eigenvalue weighted by molar-refractivity contribution is 6.33. The Morgan fingerprint density at radius 1 is 0.896 bits per heavy atom. The maximum atomic E-state index is 12.4. The van der Waals surface area contributed by atoms with Crippen LogP contribution < -0.4 is 25.8 Å². The number of piperidine rings is 3. The van der Waals surface area contributed by atoms with Gasteiger partial charge < -0.3 is 19.5 Å². The first-order valence-corrected chi connectivity index (χ1v) is 17.7. The lowest BCUT2D eigenvalue weighted by atomic mass is 9.78. The molecule has 0 aliphatic carbocycles. The highest BCUT2D eigenvalue weighted by Gasteiger charge is 2.31. The number of carbonyl (C=O) groups is 2. The van der Waals surface area contributed by atoms with Crippen LogP contribution in [0.3, 0.4) is 0 Å². The Morgan fingerprint density at radius 3 is 2.23 bits per heavy atom. The van der Waals surface area contributed by atoms with Gasteiger partial charge >= 0.3 is 0 Å². The van der Waals surface area contributed by atoms with Crippen LogP contribution in [0.15, 0.2) is 41.3 Å². The topological polar surface area (TPSA) is 95.9 Å². The lowest BCUT2D eigenvalue weighted by molar-refractivity contribution is -0.133. The maximum absolute atomic E-state index is 12.4. The van der Waals surface area contributed by atoms with Crippen LogP contribution in [0.25, 0.3) is 11.1 Å². The Hall–Kier alpha value is -3.53. The van der Waals surface area contributed by atoms with Gasteiger partial charge in [0.1, 0.15) is 11.8 Å². The largest absolute Gasteiger partial charge is 0.496 e. The zero-order valence-electron chi connectivity index (χ0n) is 28.2. The summed E-state index contributed by atoms with van der Waals surface area (Å²) in [6.45, 7) is 8.58. The van der Waals surface area contributed by atoms with E-state index in [9.17, 15) is 14.4 Å². The minimum absolute atomic E-state index is 0.0113. The van der Waals surface area contributed by atoms with Gasteiger partial charge in [0.15, 0.2) is 0 Å². The second-order valence-corrected chi connectivity index (χ2v) is 14.4. The van der Waals surface area contributed by atoms with E-state index in [0.29, 0.717) is 34.7 Å². The molecule has 1 aromatic heterocycles. The van der Waals surface area contributed by atoms with Gasteiger partial charge in [-0.2, -0.15) is 0 Å². The van der Waals surface area contributed by atoms with Crippen LogP contribution in [0.5, 0.6) is 5.75 Å². The molecule has 11 heteroatoms. The number of aromatic nitrogens is 1. The first-order valence-electron chi connectivity index (χ1n) is 16.9. The van der Waals surface area contributed by atoms with Gasteiger partial charge in [-0.1, -0.05) is 23.2 Å². The van der Waals surface area contributed by atoms with E-state index in [0.717, 1.165) is 90.5 Å². The molecule has 0 spiro atoms. The average Bonchev–Trinajstić information content (AvgIpc) is 3.08. The molecule has 3 fully saturated rings. The Labute approximate surface area is 292 Å². The van der Waals surface area contributed by atoms with E-state index in [4.69, 9.17) is 27.9 Å². The number of imide groups is 1. The standard InChI is InChI=1S/C37H45Cl2N5O4/c1-22-23(2)37(47)42(3)20-28(22)26-17-30(38)29(34(18-26)48-4)21-43-13-9-24(10-14-43)25-11-15-44(16-12-25)33-7-5-27(19-31(33)39)40-32-6-8-35(45)41-36(32)46/h5,7,17-20,24-25,32,40H,6,8-16,21H2,1-4H3,(H,41,45,46). The van der Waals surface area contributed by atoms with Crippen molar-refractivity contribution in [3.05, 3.63) is 73.6 Å². The van der Waals surface area contributed by atoms with Gasteiger partial charge in [-0.05, 0) is 112 Å². The maximum Gasteiger partial charge on any atom is 0.253 e. The molecule has 3 aliphatic rings. The van der Waals surface area contributed by atoms with Crippen molar-refractivity contribution < 1.29 is 14.3 Å². The van der Waals surface area contributed by atoms with Crippen LogP contribution in [-0.2, 0) is 23.2 Å². The molecule has 48 heavy (non-hydrogen) atoms. The highest BCUT2D eigenvalue weighted by atomic mass is 35.5. The lowest BCUT2D eigenvalue weighted by Gasteiger charge is -2.41. The SMILES string of the molecule is COc1cc(-c2cn(C)c(=O)c(C)c2C)cc(Cl)c1CN1CCC(C2CCN(c3ccc(NC4CCC(=O)NC4=O)cc3Cl)CC2)CC1. The van der Waals surface area contributed by atoms with Crippen molar-refractivity contribution in [2.24, 2.45) is 18.9 Å². The van der Waals surface area contributed by atoms with Gasteiger partial charge in [-0.3, -0.25) is 24.6 Å². The minimum atomic E-state index is -0.432. The number of methoxy groups -OCH3 is 1. The number of nitrogens with zero attached hydrogens (tertiary/aromatic N) is 3. The van der Waals surface area contributed by atoms with Crippen molar-refractivity contribution in [2.75, 3.05) is 43.5 Å². The molecule has 4 heterocycles. The van der Waals surface area contributed by atoms with E-state index in [1.54, 1.807) is 18.7 Å². The highest BCUT2D eigenvalue weighted by Crippen LogP contribution is 2.39. The second kappa shape index (κ2) is 14.5. The van der Waals surface area contributed by atoms with Gasteiger partial charge in [0.2, 0.25) is 11.8 Å². The summed E-state index contributed by atoms with van der Waals surface area (Å²) in [5.41, 5.74) is 6.44. The van der Waals surface area contributed by atoms with Crippen LogP contribution in [0.4, 0.5) is 11.4 Å². The third kappa shape index (κ3) is 7.24. The zero-order valence-corrected chi connectivity index (χ0v) is 29.7. The number of pyridine rings is 1. The molecule has 1 atom stereocenters. The molecule has 1 unspecified atom stereocenters. The van der Waals surface area contributed by atoms with Crippen molar-refractivity contribution in [3.8, 4) is 16.9 Å². The fraction of sp³-hybridized carbons (Fsp3) is 0.486. The Morgan fingerprint density at radius 2 is 1.58 bits per heavy atom. The number of amides is 2. The Bertz CT molecular complexity index is 1760. The fourth-order valence-electron chi connectivity index (χ4n) is 7.67. The summed E-state index contributed by atoms with van der Waals surface area (Å²) in [5.74, 6) is 1.66. The van der Waals surface area contributed by atoms with Crippen LogP contribution in [0, 0.1) is 25.7 Å². The molecule has 0 saturated carbocycles. The number of halogens is 2. The molecular formula is C37H45Cl2N5O4. The summed E-state index contributed by atoms with van der Waals surface area (Å²) in [5, 5.41) is 6.96. The number of hydrogen-bond donors (Lipinski definition) is 2. The number of aryl methyl sites for hydroxylation is 1. The van der Waals surface area contributed by atoms with E-state index >= 15 is 0 Å². The number of hydrogen-bond acceptors (Lipinski definition) is 7. The van der Waals surface area contributed by atoms with Crippen molar-refractivity contribution in [1.29, 1.82) is 0 Å². The van der Waals surface area contributed by atoms with E-state index < -0.39 is 6.04 Å². The molecule has 0 radical (unpaired) electrons. The lowest BCUT2D eigenvalue weighted by Crippen LogP contribution is -2.47. The number of anilines is 2. The molecule has 6 rings (SSSR count). The van der Waals surface area contributed by atoms with Gasteiger partial charge in [0.05, 0.1) is 17.8 Å². The summed E-state index contributed by atoms with van der Waals surface area (Å²) in [4.78, 5) is 40.9. The molecular weight excluding hydrogens is 649 g/mol. The number of benzene rings is 2. The van der Waals surface area contributed by atoms with Gasteiger partial charge in [-0.15, -0.1) is 0 Å². The van der Waals surface area contributed by atoms with Crippen molar-refractivity contribution in [1.82, 2.24) is 14.8 Å². The van der Waals surface area contributed by atoms with Crippen LogP contribution in [0.2, 0.25) is 10.0 Å². The predicted molar refractivity (Wildman–Crippen MR) is 192 cm³/mol. The van der Waals surface area contributed by atoms with Crippen molar-refractivity contribution >= 4 is 46.4 Å². The van der Waals surface area contributed by atoms with E-state index in [1.807, 2.05) is 50.4 Å². The minimum Gasteiger partial charge on any atom is -0.496 e. The summed E-state index contributed by atoms with van der Waals surface area (Å²) in [7, 11) is 3.47. The third-order valence-electron chi connectivity index (χ3n) is 10.7. The molecule has 3 aromatic rings. The van der Waals surface area contributed by atoms with E-state index in [-0.39, 0.29) is 17.4 Å². The number of carbonyl (C=O) groups excluding carboxylic acids is 2. The average molecular weight is 695 g/mol.